The van der Waals surface area contributed by atoms with Gasteiger partial charge in [-0.3, -0.25) is 0 Å². The van der Waals surface area contributed by atoms with E-state index in [4.69, 9.17) is 12.2 Å². The normalized spacial score (nSPS) is 27.5. The second-order valence-corrected chi connectivity index (χ2v) is 5.23. The third kappa shape index (κ3) is 6.26. The minimum absolute atomic E-state index is 0.305. The van der Waals surface area contributed by atoms with Gasteiger partial charge in [0.2, 0.25) is 0 Å². The fourth-order valence-corrected chi connectivity index (χ4v) is 2.46. The van der Waals surface area contributed by atoms with Gasteiger partial charge in [-0.1, -0.05) is 63.6 Å². The van der Waals surface area contributed by atoms with Gasteiger partial charge in [-0.15, -0.1) is 0 Å². The van der Waals surface area contributed by atoms with Crippen molar-refractivity contribution in [1.82, 2.24) is 0 Å². The van der Waals surface area contributed by atoms with Crippen LogP contribution < -0.4 is 0 Å². The molecule has 1 aliphatic rings. The molecule has 1 atom stereocenters. The molecule has 1 saturated carbocycles. The van der Waals surface area contributed by atoms with E-state index in [-0.39, 0.29) is 6.10 Å². The molecule has 0 bridgehead atoms. The number of hydrogen-bond donors (Lipinski definition) is 1. The zero-order valence-corrected chi connectivity index (χ0v) is 10.5. The van der Waals surface area contributed by atoms with Gasteiger partial charge in [0, 0.05) is 4.86 Å². The first-order valence-corrected chi connectivity index (χ1v) is 6.92. The largest absolute Gasteiger partial charge is 0.388 e. The van der Waals surface area contributed by atoms with Gasteiger partial charge in [-0.2, -0.15) is 0 Å². The molecule has 1 fully saturated rings. The van der Waals surface area contributed by atoms with Crippen molar-refractivity contribution in [2.24, 2.45) is 0 Å². The first kappa shape index (κ1) is 13.1. The number of hydrogen-bond acceptors (Lipinski definition) is 2. The van der Waals surface area contributed by atoms with Crippen LogP contribution >= 0.6 is 12.2 Å². The highest BCUT2D eigenvalue weighted by atomic mass is 32.1. The van der Waals surface area contributed by atoms with Gasteiger partial charge >= 0.3 is 0 Å². The fourth-order valence-electron chi connectivity index (χ4n) is 2.20. The van der Waals surface area contributed by atoms with Crippen molar-refractivity contribution >= 4 is 17.1 Å². The van der Waals surface area contributed by atoms with Crippen LogP contribution in [0.2, 0.25) is 0 Å². The number of aliphatic hydroxyl groups is 1. The molecule has 88 valence electrons. The van der Waals surface area contributed by atoms with Crippen LogP contribution in [0.25, 0.3) is 0 Å². The lowest BCUT2D eigenvalue weighted by molar-refractivity contribution is 0.226. The Balaban J connectivity index is 2.27. The first-order valence-electron chi connectivity index (χ1n) is 6.51. The van der Waals surface area contributed by atoms with Gasteiger partial charge in [0.15, 0.2) is 0 Å². The zero-order valence-electron chi connectivity index (χ0n) is 9.71. The lowest BCUT2D eigenvalue weighted by atomic mass is 10.0. The Morgan fingerprint density at radius 3 is 1.87 bits per heavy atom. The second-order valence-electron chi connectivity index (χ2n) is 4.70. The van der Waals surface area contributed by atoms with Gasteiger partial charge in [0.1, 0.15) is 0 Å². The molecule has 1 unspecified atom stereocenters. The summed E-state index contributed by atoms with van der Waals surface area (Å²) >= 11 is 5.24. The standard InChI is InChI=1S/C13H24OS/c14-12-10-8-6-4-2-1-3-5-7-9-11-13(12)15/h12,14H,1-11H2. The van der Waals surface area contributed by atoms with E-state index < -0.39 is 0 Å². The third-order valence-electron chi connectivity index (χ3n) is 3.27. The Hall–Kier alpha value is 0.0500. The Labute approximate surface area is 99.3 Å². The molecule has 1 N–H and O–H groups in total. The average molecular weight is 228 g/mol. The van der Waals surface area contributed by atoms with Gasteiger partial charge in [-0.05, 0) is 19.3 Å². The molecule has 0 aromatic rings. The predicted molar refractivity (Wildman–Crippen MR) is 69.4 cm³/mol. The van der Waals surface area contributed by atoms with Gasteiger partial charge in [0.25, 0.3) is 0 Å². The summed E-state index contributed by atoms with van der Waals surface area (Å²) < 4.78 is 0. The highest BCUT2D eigenvalue weighted by Crippen LogP contribution is 2.15. The van der Waals surface area contributed by atoms with E-state index in [1.807, 2.05) is 0 Å². The van der Waals surface area contributed by atoms with Crippen LogP contribution in [-0.2, 0) is 0 Å². The van der Waals surface area contributed by atoms with Crippen molar-refractivity contribution in [3.63, 3.8) is 0 Å². The van der Waals surface area contributed by atoms with Gasteiger partial charge in [0.05, 0.1) is 6.10 Å². The van der Waals surface area contributed by atoms with E-state index >= 15 is 0 Å². The summed E-state index contributed by atoms with van der Waals surface area (Å²) in [6, 6.07) is 0. The van der Waals surface area contributed by atoms with Gasteiger partial charge in [-0.25, -0.2) is 0 Å². The zero-order chi connectivity index (χ0) is 10.9. The van der Waals surface area contributed by atoms with Crippen molar-refractivity contribution in [3.05, 3.63) is 0 Å². The molecule has 0 aromatic carbocycles. The van der Waals surface area contributed by atoms with E-state index in [0.717, 1.165) is 24.1 Å². The molecule has 15 heavy (non-hydrogen) atoms. The molecule has 0 amide bonds. The first-order chi connectivity index (χ1) is 7.30. The summed E-state index contributed by atoms with van der Waals surface area (Å²) in [7, 11) is 0. The molecule has 1 rings (SSSR count). The van der Waals surface area contributed by atoms with E-state index in [2.05, 4.69) is 0 Å². The molecular formula is C13H24OS. The van der Waals surface area contributed by atoms with Crippen molar-refractivity contribution < 1.29 is 5.11 Å². The Kier molecular flexibility index (Phi) is 7.20. The molecule has 2 heteroatoms. The maximum atomic E-state index is 9.79. The van der Waals surface area contributed by atoms with Crippen molar-refractivity contribution in [3.8, 4) is 0 Å². The molecule has 0 heterocycles. The molecule has 1 nitrogen and oxygen atoms in total. The minimum Gasteiger partial charge on any atom is -0.388 e. The summed E-state index contributed by atoms with van der Waals surface area (Å²) in [6.45, 7) is 0. The van der Waals surface area contributed by atoms with E-state index in [1.165, 1.54) is 51.4 Å². The van der Waals surface area contributed by atoms with Crippen molar-refractivity contribution in [2.45, 2.75) is 76.7 Å². The van der Waals surface area contributed by atoms with Crippen LogP contribution in [0.4, 0.5) is 0 Å². The molecule has 0 saturated heterocycles. The summed E-state index contributed by atoms with van der Waals surface area (Å²) in [5, 5.41) is 9.79. The van der Waals surface area contributed by atoms with Crippen molar-refractivity contribution in [1.29, 1.82) is 0 Å². The minimum atomic E-state index is -0.305. The van der Waals surface area contributed by atoms with Crippen LogP contribution in [0.3, 0.4) is 0 Å². The monoisotopic (exact) mass is 228 g/mol. The molecular weight excluding hydrogens is 204 g/mol. The number of aliphatic hydroxyl groups excluding tert-OH is 1. The molecule has 0 radical (unpaired) electrons. The third-order valence-corrected chi connectivity index (χ3v) is 3.75. The Bertz CT molecular complexity index is 179. The fraction of sp³-hybridized carbons (Fsp3) is 0.923. The topological polar surface area (TPSA) is 20.2 Å². The molecule has 1 aliphatic carbocycles. The van der Waals surface area contributed by atoms with Gasteiger partial charge < -0.3 is 5.11 Å². The van der Waals surface area contributed by atoms with E-state index in [0.29, 0.717) is 0 Å². The highest BCUT2D eigenvalue weighted by Gasteiger charge is 2.10. The van der Waals surface area contributed by atoms with E-state index in [1.54, 1.807) is 0 Å². The predicted octanol–water partition coefficient (Wildman–Crippen LogP) is 4.02. The Morgan fingerprint density at radius 1 is 0.800 bits per heavy atom. The lowest BCUT2D eigenvalue weighted by Crippen LogP contribution is -2.17. The molecule has 0 aliphatic heterocycles. The Morgan fingerprint density at radius 2 is 1.27 bits per heavy atom. The lowest BCUT2D eigenvalue weighted by Gasteiger charge is -2.11. The number of rotatable bonds is 0. The van der Waals surface area contributed by atoms with Crippen molar-refractivity contribution in [2.75, 3.05) is 0 Å². The van der Waals surface area contributed by atoms with Crippen LogP contribution in [0.15, 0.2) is 0 Å². The van der Waals surface area contributed by atoms with Crippen LogP contribution in [-0.4, -0.2) is 16.1 Å². The molecule has 0 spiro atoms. The highest BCUT2D eigenvalue weighted by molar-refractivity contribution is 7.80. The van der Waals surface area contributed by atoms with Crippen LogP contribution in [0.5, 0.6) is 0 Å². The number of thiocarbonyl (C=S) groups is 1. The van der Waals surface area contributed by atoms with Crippen LogP contribution in [0.1, 0.15) is 70.6 Å². The molecule has 0 aromatic heterocycles. The summed E-state index contributed by atoms with van der Waals surface area (Å²) in [5.74, 6) is 0. The summed E-state index contributed by atoms with van der Waals surface area (Å²) in [5.41, 5.74) is 0. The smallest absolute Gasteiger partial charge is 0.0852 e. The van der Waals surface area contributed by atoms with Crippen LogP contribution in [0, 0.1) is 0 Å². The SMILES string of the molecule is OC1CCCCCCCCCCCC1=S. The maximum absolute atomic E-state index is 9.79. The average Bonchev–Trinajstić information content (AvgIpc) is 2.25. The maximum Gasteiger partial charge on any atom is 0.0852 e. The summed E-state index contributed by atoms with van der Waals surface area (Å²) in [6.07, 6.45) is 13.2. The second kappa shape index (κ2) is 8.23. The quantitative estimate of drug-likeness (QED) is 0.632. The van der Waals surface area contributed by atoms with E-state index in [9.17, 15) is 5.11 Å². The summed E-state index contributed by atoms with van der Waals surface area (Å²) in [4.78, 5) is 0.897.